The summed E-state index contributed by atoms with van der Waals surface area (Å²) in [6, 6.07) is 18.4. The number of hydrogen-bond acceptors (Lipinski definition) is 4. The van der Waals surface area contributed by atoms with Crippen molar-refractivity contribution in [2.75, 3.05) is 22.6 Å². The third kappa shape index (κ3) is 5.04. The van der Waals surface area contributed by atoms with Crippen molar-refractivity contribution in [1.29, 1.82) is 0 Å². The van der Waals surface area contributed by atoms with E-state index < -0.39 is 17.6 Å². The largest absolute Gasteiger partial charge is 0.492 e. The molecule has 0 bridgehead atoms. The highest BCUT2D eigenvalue weighted by molar-refractivity contribution is 8.00. The minimum absolute atomic E-state index is 0.0261. The first-order valence-corrected chi connectivity index (χ1v) is 11.6. The zero-order valence-corrected chi connectivity index (χ0v) is 19.0. The molecular formula is C25H21F3N2O3S. The first-order valence-electron chi connectivity index (χ1n) is 10.5. The minimum atomic E-state index is -4.46. The topological polar surface area (TPSA) is 58.6 Å². The molecule has 1 N–H and O–H groups in total. The summed E-state index contributed by atoms with van der Waals surface area (Å²) in [5, 5.41) is 2.43. The average molecular weight is 487 g/mol. The number of rotatable bonds is 6. The van der Waals surface area contributed by atoms with Crippen LogP contribution in [-0.4, -0.2) is 24.2 Å². The Hall–Kier alpha value is -3.46. The van der Waals surface area contributed by atoms with Gasteiger partial charge in [0.2, 0.25) is 5.91 Å². The highest BCUT2D eigenvalue weighted by Crippen LogP contribution is 2.45. The molecule has 1 aliphatic rings. The molecule has 1 aliphatic heterocycles. The van der Waals surface area contributed by atoms with E-state index in [4.69, 9.17) is 4.74 Å². The Kier molecular flexibility index (Phi) is 6.83. The quantitative estimate of drug-likeness (QED) is 0.455. The van der Waals surface area contributed by atoms with E-state index in [2.05, 4.69) is 5.32 Å². The number of carbonyl (C=O) groups is 2. The summed E-state index contributed by atoms with van der Waals surface area (Å²) in [6.45, 7) is 2.36. The number of halogens is 3. The number of hydrogen-bond donors (Lipinski definition) is 1. The van der Waals surface area contributed by atoms with Gasteiger partial charge in [-0.1, -0.05) is 24.3 Å². The lowest BCUT2D eigenvalue weighted by molar-refractivity contribution is -0.137. The van der Waals surface area contributed by atoms with E-state index in [1.165, 1.54) is 11.8 Å². The summed E-state index contributed by atoms with van der Waals surface area (Å²) in [4.78, 5) is 26.8. The summed E-state index contributed by atoms with van der Waals surface area (Å²) in [5.41, 5.74) is 1.36. The van der Waals surface area contributed by atoms with Gasteiger partial charge < -0.3 is 10.1 Å². The molecule has 1 fully saturated rings. The lowest BCUT2D eigenvalue weighted by Crippen LogP contribution is -2.28. The predicted molar refractivity (Wildman–Crippen MR) is 126 cm³/mol. The fourth-order valence-corrected chi connectivity index (χ4v) is 4.78. The number of ether oxygens (including phenoxy) is 1. The number of anilines is 2. The van der Waals surface area contributed by atoms with Gasteiger partial charge in [-0.25, -0.2) is 0 Å². The molecule has 1 saturated heterocycles. The normalized spacial score (nSPS) is 15.9. The summed E-state index contributed by atoms with van der Waals surface area (Å²) >= 11 is 1.49. The van der Waals surface area contributed by atoms with Crippen molar-refractivity contribution in [3.63, 3.8) is 0 Å². The molecule has 1 atom stereocenters. The number of alkyl halides is 3. The molecule has 2 amide bonds. The third-order valence-corrected chi connectivity index (χ3v) is 6.43. The molecule has 0 radical (unpaired) electrons. The SMILES string of the molecule is CCOc1ccccc1N1C(=O)CS[C@H]1c1ccc(NC(=O)c2ccc(C(F)(F)F)cc2)cc1. The Labute approximate surface area is 198 Å². The molecule has 0 unspecified atom stereocenters. The van der Waals surface area contributed by atoms with Crippen molar-refractivity contribution in [1.82, 2.24) is 0 Å². The molecule has 3 aromatic rings. The molecule has 0 saturated carbocycles. The highest BCUT2D eigenvalue weighted by Gasteiger charge is 2.35. The molecule has 176 valence electrons. The van der Waals surface area contributed by atoms with E-state index in [-0.39, 0.29) is 16.8 Å². The number of benzene rings is 3. The lowest BCUT2D eigenvalue weighted by Gasteiger charge is -2.26. The van der Waals surface area contributed by atoms with Crippen LogP contribution in [0.15, 0.2) is 72.8 Å². The van der Waals surface area contributed by atoms with Gasteiger partial charge >= 0.3 is 6.18 Å². The first-order chi connectivity index (χ1) is 16.3. The van der Waals surface area contributed by atoms with Crippen LogP contribution >= 0.6 is 11.8 Å². The van der Waals surface area contributed by atoms with E-state index in [0.717, 1.165) is 29.8 Å². The number of carbonyl (C=O) groups excluding carboxylic acids is 2. The fraction of sp³-hybridized carbons (Fsp3) is 0.200. The molecule has 0 spiro atoms. The molecule has 3 aromatic carbocycles. The van der Waals surface area contributed by atoms with E-state index in [9.17, 15) is 22.8 Å². The van der Waals surface area contributed by atoms with Crippen molar-refractivity contribution >= 4 is 35.0 Å². The third-order valence-electron chi connectivity index (χ3n) is 5.22. The van der Waals surface area contributed by atoms with Gasteiger partial charge in [-0.2, -0.15) is 13.2 Å². The summed E-state index contributed by atoms with van der Waals surface area (Å²) in [7, 11) is 0. The lowest BCUT2D eigenvalue weighted by atomic mass is 10.1. The second kappa shape index (κ2) is 9.80. The Balaban J connectivity index is 1.50. The van der Waals surface area contributed by atoms with E-state index in [1.54, 1.807) is 17.0 Å². The molecular weight excluding hydrogens is 465 g/mol. The number of nitrogens with one attached hydrogen (secondary N) is 1. The van der Waals surface area contributed by atoms with E-state index in [0.29, 0.717) is 29.5 Å². The molecule has 0 aliphatic carbocycles. The minimum Gasteiger partial charge on any atom is -0.492 e. The molecule has 34 heavy (non-hydrogen) atoms. The van der Waals surface area contributed by atoms with Crippen molar-refractivity contribution in [3.8, 4) is 5.75 Å². The van der Waals surface area contributed by atoms with Crippen LogP contribution in [0.4, 0.5) is 24.5 Å². The Morgan fingerprint density at radius 1 is 1.06 bits per heavy atom. The Morgan fingerprint density at radius 3 is 2.38 bits per heavy atom. The predicted octanol–water partition coefficient (Wildman–Crippen LogP) is 6.14. The van der Waals surface area contributed by atoms with Crippen LogP contribution in [0.3, 0.4) is 0 Å². The maximum Gasteiger partial charge on any atom is 0.416 e. The summed E-state index contributed by atoms with van der Waals surface area (Å²) < 4.78 is 43.9. The summed E-state index contributed by atoms with van der Waals surface area (Å²) in [6.07, 6.45) is -4.46. The van der Waals surface area contributed by atoms with Gasteiger partial charge in [0.25, 0.3) is 5.91 Å². The van der Waals surface area contributed by atoms with Crippen LogP contribution in [0.5, 0.6) is 5.75 Å². The smallest absolute Gasteiger partial charge is 0.416 e. The molecule has 5 nitrogen and oxygen atoms in total. The first kappa shape index (κ1) is 23.7. The van der Waals surface area contributed by atoms with Crippen LogP contribution in [0.25, 0.3) is 0 Å². The van der Waals surface area contributed by atoms with Crippen molar-refractivity contribution < 1.29 is 27.5 Å². The fourth-order valence-electron chi connectivity index (χ4n) is 3.61. The number of thioether (sulfide) groups is 1. The van der Waals surface area contributed by atoms with Crippen LogP contribution in [-0.2, 0) is 11.0 Å². The van der Waals surface area contributed by atoms with Crippen LogP contribution in [0.1, 0.15) is 33.8 Å². The van der Waals surface area contributed by atoms with E-state index in [1.807, 2.05) is 43.3 Å². The van der Waals surface area contributed by atoms with Gasteiger partial charge in [0.15, 0.2) is 0 Å². The second-order valence-corrected chi connectivity index (χ2v) is 8.55. The molecule has 0 aromatic heterocycles. The zero-order chi connectivity index (χ0) is 24.3. The Bertz CT molecular complexity index is 1180. The number of amides is 2. The maximum absolute atomic E-state index is 12.7. The van der Waals surface area contributed by atoms with Gasteiger partial charge in [0.05, 0.1) is 23.6 Å². The van der Waals surface area contributed by atoms with Gasteiger partial charge in [0, 0.05) is 11.3 Å². The monoisotopic (exact) mass is 486 g/mol. The standard InChI is InChI=1S/C25H21F3N2O3S/c1-2-33-21-6-4-3-5-20(21)30-22(31)15-34-24(30)17-9-13-19(14-10-17)29-23(32)16-7-11-18(12-8-16)25(26,27)28/h3-14,24H,2,15H2,1H3,(H,29,32)/t24-/m0/s1. The van der Waals surface area contributed by atoms with Gasteiger partial charge in [-0.3, -0.25) is 14.5 Å². The molecule has 1 heterocycles. The van der Waals surface area contributed by atoms with Crippen molar-refractivity contribution in [3.05, 3.63) is 89.5 Å². The van der Waals surface area contributed by atoms with Gasteiger partial charge in [-0.15, -0.1) is 11.8 Å². The summed E-state index contributed by atoms with van der Waals surface area (Å²) in [5.74, 6) is 0.421. The zero-order valence-electron chi connectivity index (χ0n) is 18.1. The second-order valence-electron chi connectivity index (χ2n) is 7.48. The van der Waals surface area contributed by atoms with Crippen LogP contribution < -0.4 is 15.0 Å². The Morgan fingerprint density at radius 2 is 1.74 bits per heavy atom. The maximum atomic E-state index is 12.7. The van der Waals surface area contributed by atoms with Crippen molar-refractivity contribution in [2.24, 2.45) is 0 Å². The number of nitrogens with zero attached hydrogens (tertiary/aromatic N) is 1. The van der Waals surface area contributed by atoms with Crippen LogP contribution in [0, 0.1) is 0 Å². The molecule has 9 heteroatoms. The van der Waals surface area contributed by atoms with Gasteiger partial charge in [0.1, 0.15) is 11.1 Å². The van der Waals surface area contributed by atoms with Crippen LogP contribution in [0.2, 0.25) is 0 Å². The van der Waals surface area contributed by atoms with Gasteiger partial charge in [-0.05, 0) is 61.0 Å². The molecule has 4 rings (SSSR count). The van der Waals surface area contributed by atoms with E-state index >= 15 is 0 Å². The van der Waals surface area contributed by atoms with Crippen molar-refractivity contribution in [2.45, 2.75) is 18.5 Å². The number of para-hydroxylation sites is 2. The average Bonchev–Trinajstić information content (AvgIpc) is 3.21. The highest BCUT2D eigenvalue weighted by atomic mass is 32.2.